The normalized spacial score (nSPS) is 19.4. The first-order valence-corrected chi connectivity index (χ1v) is 7.14. The van der Waals surface area contributed by atoms with Gasteiger partial charge in [-0.05, 0) is 28.9 Å². The van der Waals surface area contributed by atoms with Crippen molar-refractivity contribution in [3.8, 4) is 0 Å². The molecule has 1 aromatic heterocycles. The van der Waals surface area contributed by atoms with E-state index in [1.807, 2.05) is 30.0 Å². The van der Waals surface area contributed by atoms with E-state index in [1.165, 1.54) is 0 Å². The third-order valence-electron chi connectivity index (χ3n) is 3.14. The Morgan fingerprint density at radius 1 is 1.58 bits per heavy atom. The summed E-state index contributed by atoms with van der Waals surface area (Å²) in [4.78, 5) is 20.7. The van der Waals surface area contributed by atoms with Crippen LogP contribution in [0.4, 0.5) is 5.82 Å². The van der Waals surface area contributed by atoms with Gasteiger partial charge in [0.2, 0.25) is 0 Å². The van der Waals surface area contributed by atoms with Gasteiger partial charge in [0.25, 0.3) is 5.91 Å². The Balaban J connectivity index is 2.29. The van der Waals surface area contributed by atoms with Crippen LogP contribution in [0, 0.1) is 0 Å². The molecule has 0 aromatic carbocycles. The summed E-state index contributed by atoms with van der Waals surface area (Å²) in [6.07, 6.45) is 1.71. The van der Waals surface area contributed by atoms with E-state index >= 15 is 0 Å². The Morgan fingerprint density at radius 3 is 2.95 bits per heavy atom. The molecule has 5 nitrogen and oxygen atoms in total. The molecule has 1 N–H and O–H groups in total. The summed E-state index contributed by atoms with van der Waals surface area (Å²) < 4.78 is 0.824. The minimum Gasteiger partial charge on any atom is -0.362 e. The summed E-state index contributed by atoms with van der Waals surface area (Å²) in [5.74, 6) is 0.755. The molecule has 0 radical (unpaired) electrons. The minimum atomic E-state index is 0.0471. The lowest BCUT2D eigenvalue weighted by atomic mass is 10.1. The van der Waals surface area contributed by atoms with E-state index in [1.54, 1.807) is 6.20 Å². The number of carbonyl (C=O) groups is 1. The standard InChI is InChI=1S/C13H19BrN4O/c1-9-8-18(5-4-15-9)13(19)11-6-10(14)7-16-12(11)17(2)3/h6-7,9,15H,4-5,8H2,1-3H3/t9-/m1/s1. The predicted octanol–water partition coefficient (Wildman–Crippen LogP) is 1.34. The molecule has 1 aromatic rings. The number of nitrogens with zero attached hydrogens (tertiary/aromatic N) is 3. The number of piperazine rings is 1. The van der Waals surface area contributed by atoms with Crippen LogP contribution in [0.2, 0.25) is 0 Å². The molecular weight excluding hydrogens is 308 g/mol. The third-order valence-corrected chi connectivity index (χ3v) is 3.58. The van der Waals surface area contributed by atoms with Gasteiger partial charge in [0, 0.05) is 50.4 Å². The molecule has 0 unspecified atom stereocenters. The van der Waals surface area contributed by atoms with Crippen molar-refractivity contribution in [3.05, 3.63) is 22.3 Å². The fraction of sp³-hybridized carbons (Fsp3) is 0.538. The number of halogens is 1. The fourth-order valence-electron chi connectivity index (χ4n) is 2.23. The van der Waals surface area contributed by atoms with Crippen LogP contribution in [0.15, 0.2) is 16.7 Å². The molecule has 19 heavy (non-hydrogen) atoms. The van der Waals surface area contributed by atoms with E-state index < -0.39 is 0 Å². The summed E-state index contributed by atoms with van der Waals surface area (Å²) in [7, 11) is 3.79. The number of rotatable bonds is 2. The van der Waals surface area contributed by atoms with Crippen molar-refractivity contribution in [2.24, 2.45) is 0 Å². The zero-order chi connectivity index (χ0) is 14.0. The highest BCUT2D eigenvalue weighted by Crippen LogP contribution is 2.22. The Bertz CT molecular complexity index is 478. The molecule has 6 heteroatoms. The molecule has 0 bridgehead atoms. The van der Waals surface area contributed by atoms with Crippen LogP contribution < -0.4 is 10.2 Å². The number of pyridine rings is 1. The highest BCUT2D eigenvalue weighted by atomic mass is 79.9. The van der Waals surface area contributed by atoms with Gasteiger partial charge in [-0.15, -0.1) is 0 Å². The van der Waals surface area contributed by atoms with Crippen LogP contribution in [0.3, 0.4) is 0 Å². The number of hydrogen-bond acceptors (Lipinski definition) is 4. The molecule has 1 saturated heterocycles. The topological polar surface area (TPSA) is 48.5 Å². The molecule has 104 valence electrons. The van der Waals surface area contributed by atoms with Crippen molar-refractivity contribution >= 4 is 27.7 Å². The van der Waals surface area contributed by atoms with Gasteiger partial charge in [0.05, 0.1) is 5.56 Å². The molecule has 1 amide bonds. The SMILES string of the molecule is C[C@@H]1CN(C(=O)c2cc(Br)cnc2N(C)C)CCN1. The molecule has 1 fully saturated rings. The smallest absolute Gasteiger partial charge is 0.257 e. The lowest BCUT2D eigenvalue weighted by Gasteiger charge is -2.32. The molecule has 0 aliphatic carbocycles. The molecule has 1 aliphatic rings. The van der Waals surface area contributed by atoms with Gasteiger partial charge in [-0.25, -0.2) is 4.98 Å². The molecule has 0 spiro atoms. The maximum Gasteiger partial charge on any atom is 0.257 e. The van der Waals surface area contributed by atoms with Gasteiger partial charge in [-0.3, -0.25) is 4.79 Å². The van der Waals surface area contributed by atoms with Gasteiger partial charge in [0.1, 0.15) is 5.82 Å². The summed E-state index contributed by atoms with van der Waals surface area (Å²) >= 11 is 3.39. The second-order valence-electron chi connectivity index (χ2n) is 5.03. The highest BCUT2D eigenvalue weighted by Gasteiger charge is 2.24. The molecule has 2 heterocycles. The monoisotopic (exact) mass is 326 g/mol. The lowest BCUT2D eigenvalue weighted by molar-refractivity contribution is 0.0709. The summed E-state index contributed by atoms with van der Waals surface area (Å²) in [6, 6.07) is 2.18. The predicted molar refractivity (Wildman–Crippen MR) is 79.6 cm³/mol. The Hall–Kier alpha value is -1.14. The number of aromatic nitrogens is 1. The molecule has 0 saturated carbocycles. The van der Waals surface area contributed by atoms with Gasteiger partial charge >= 0.3 is 0 Å². The van der Waals surface area contributed by atoms with E-state index in [2.05, 4.69) is 33.2 Å². The van der Waals surface area contributed by atoms with Gasteiger partial charge in [0.15, 0.2) is 0 Å². The summed E-state index contributed by atoms with van der Waals surface area (Å²) in [6.45, 7) is 4.40. The van der Waals surface area contributed by atoms with E-state index in [-0.39, 0.29) is 5.91 Å². The van der Waals surface area contributed by atoms with E-state index in [4.69, 9.17) is 0 Å². The average molecular weight is 327 g/mol. The highest BCUT2D eigenvalue weighted by molar-refractivity contribution is 9.10. The zero-order valence-corrected chi connectivity index (χ0v) is 13.1. The number of carbonyl (C=O) groups excluding carboxylic acids is 1. The molecule has 1 aliphatic heterocycles. The summed E-state index contributed by atoms with van der Waals surface area (Å²) in [5.41, 5.74) is 0.647. The molecular formula is C13H19BrN4O. The first kappa shape index (κ1) is 14.3. The first-order chi connectivity index (χ1) is 8.99. The number of nitrogens with one attached hydrogen (secondary N) is 1. The quantitative estimate of drug-likeness (QED) is 0.891. The third kappa shape index (κ3) is 3.25. The Morgan fingerprint density at radius 2 is 2.32 bits per heavy atom. The first-order valence-electron chi connectivity index (χ1n) is 6.34. The second-order valence-corrected chi connectivity index (χ2v) is 5.94. The zero-order valence-electron chi connectivity index (χ0n) is 11.5. The number of anilines is 1. The van der Waals surface area contributed by atoms with Crippen molar-refractivity contribution in [2.75, 3.05) is 38.6 Å². The lowest BCUT2D eigenvalue weighted by Crippen LogP contribution is -2.51. The summed E-state index contributed by atoms with van der Waals surface area (Å²) in [5, 5.41) is 3.34. The van der Waals surface area contributed by atoms with E-state index in [0.29, 0.717) is 17.4 Å². The largest absolute Gasteiger partial charge is 0.362 e. The van der Waals surface area contributed by atoms with Gasteiger partial charge < -0.3 is 15.1 Å². The van der Waals surface area contributed by atoms with Crippen molar-refractivity contribution in [3.63, 3.8) is 0 Å². The van der Waals surface area contributed by atoms with Crippen molar-refractivity contribution < 1.29 is 4.79 Å². The van der Waals surface area contributed by atoms with Crippen LogP contribution in [-0.2, 0) is 0 Å². The fourth-order valence-corrected chi connectivity index (χ4v) is 2.56. The number of amides is 1. The van der Waals surface area contributed by atoms with Crippen molar-refractivity contribution in [1.82, 2.24) is 15.2 Å². The van der Waals surface area contributed by atoms with Crippen molar-refractivity contribution in [2.45, 2.75) is 13.0 Å². The Labute approximate surface area is 122 Å². The number of hydrogen-bond donors (Lipinski definition) is 1. The Kier molecular flexibility index (Phi) is 4.42. The van der Waals surface area contributed by atoms with Gasteiger partial charge in [-0.1, -0.05) is 0 Å². The van der Waals surface area contributed by atoms with Crippen molar-refractivity contribution in [1.29, 1.82) is 0 Å². The van der Waals surface area contributed by atoms with Crippen LogP contribution in [0.5, 0.6) is 0 Å². The maximum atomic E-state index is 12.6. The van der Waals surface area contributed by atoms with Crippen LogP contribution in [0.25, 0.3) is 0 Å². The van der Waals surface area contributed by atoms with Crippen LogP contribution in [-0.4, -0.2) is 55.6 Å². The second kappa shape index (κ2) is 5.88. The molecule has 1 atom stereocenters. The molecule has 2 rings (SSSR count). The minimum absolute atomic E-state index is 0.0471. The van der Waals surface area contributed by atoms with Gasteiger partial charge in [-0.2, -0.15) is 0 Å². The van der Waals surface area contributed by atoms with E-state index in [0.717, 1.165) is 24.1 Å². The maximum absolute atomic E-state index is 12.6. The van der Waals surface area contributed by atoms with Crippen LogP contribution in [0.1, 0.15) is 17.3 Å². The van der Waals surface area contributed by atoms with Crippen LogP contribution >= 0.6 is 15.9 Å². The van der Waals surface area contributed by atoms with E-state index in [9.17, 15) is 4.79 Å². The average Bonchev–Trinajstić information content (AvgIpc) is 2.37.